The van der Waals surface area contributed by atoms with Crippen molar-refractivity contribution >= 4 is 77.6 Å². The van der Waals surface area contributed by atoms with E-state index >= 15 is 0 Å². The minimum absolute atomic E-state index is 0.279. The van der Waals surface area contributed by atoms with Crippen LogP contribution in [-0.4, -0.2) is 16.3 Å². The van der Waals surface area contributed by atoms with Crippen molar-refractivity contribution in [2.24, 2.45) is 0 Å². The third-order valence-corrected chi connectivity index (χ3v) is 13.1. The number of unbranched alkanes of at least 4 members (excludes halogenated alkanes) is 2. The van der Waals surface area contributed by atoms with Gasteiger partial charge >= 0.3 is 5.97 Å². The molecule has 0 aromatic rings. The third-order valence-electron chi connectivity index (χ3n) is 1.61. The zero-order valence-electron chi connectivity index (χ0n) is 8.66. The molecular weight excluding hydrogens is 341 g/mol. The zero-order chi connectivity index (χ0) is 12.2. The van der Waals surface area contributed by atoms with Crippen molar-refractivity contribution in [1.29, 1.82) is 0 Å². The van der Waals surface area contributed by atoms with Gasteiger partial charge in [0, 0.05) is 0 Å². The number of hydrogen-bond acceptors (Lipinski definition) is 8. The van der Waals surface area contributed by atoms with Crippen LogP contribution in [-0.2, 0) is 4.79 Å². The van der Waals surface area contributed by atoms with Gasteiger partial charge in [-0.15, -0.1) is 0 Å². The highest BCUT2D eigenvalue weighted by molar-refractivity contribution is 9.45. The predicted octanol–water partition coefficient (Wildman–Crippen LogP) is 5.84. The Morgan fingerprint density at radius 1 is 1.25 bits per heavy atom. The van der Waals surface area contributed by atoms with Gasteiger partial charge in [0.25, 0.3) is 0 Å². The Bertz CT molecular complexity index is 180. The summed E-state index contributed by atoms with van der Waals surface area (Å²) in [7, 11) is 9.14. The first kappa shape index (κ1) is 17.9. The van der Waals surface area contributed by atoms with Crippen LogP contribution in [0.1, 0.15) is 32.6 Å². The minimum Gasteiger partial charge on any atom is -0.480 e. The van der Waals surface area contributed by atoms with E-state index in [1.165, 1.54) is 30.4 Å². The quantitative estimate of drug-likeness (QED) is 0.272. The molecule has 0 aromatic carbocycles. The van der Waals surface area contributed by atoms with Crippen molar-refractivity contribution in [3.05, 3.63) is 0 Å². The predicted molar refractivity (Wildman–Crippen MR) is 90.1 cm³/mol. The van der Waals surface area contributed by atoms with Gasteiger partial charge in [0.2, 0.25) is 0 Å². The van der Waals surface area contributed by atoms with E-state index in [9.17, 15) is 4.79 Å². The molecule has 0 aliphatic rings. The normalized spacial score (nSPS) is 12.6. The summed E-state index contributed by atoms with van der Waals surface area (Å²) >= 11 is 3.99. The van der Waals surface area contributed by atoms with Gasteiger partial charge in [-0.2, -0.15) is 0 Å². The number of hydrogen-bond donors (Lipinski definition) is 2. The molecule has 0 heterocycles. The number of aliphatic carboxylic acids is 1. The number of carboxylic acids is 1. The Labute approximate surface area is 124 Å². The lowest BCUT2D eigenvalue weighted by molar-refractivity contribution is -0.136. The topological polar surface area (TPSA) is 37.3 Å². The van der Waals surface area contributed by atoms with Gasteiger partial charge in [0.15, 0.2) is 0 Å². The lowest BCUT2D eigenvalue weighted by Gasteiger charge is -2.09. The highest BCUT2D eigenvalue weighted by Gasteiger charge is 2.18. The second-order valence-corrected chi connectivity index (χ2v) is 13.1. The smallest absolute Gasteiger partial charge is 0.317 e. The summed E-state index contributed by atoms with van der Waals surface area (Å²) in [5.74, 6) is -0.699. The fourth-order valence-corrected chi connectivity index (χ4v) is 12.8. The lowest BCUT2D eigenvalue weighted by Crippen LogP contribution is -2.14. The molecule has 9 heteroatoms. The first-order valence-corrected chi connectivity index (χ1v) is 13.2. The average Bonchev–Trinajstić information content (AvgIpc) is 2.26. The number of carboxylic acid groups (broad SMARTS) is 1. The summed E-state index contributed by atoms with van der Waals surface area (Å²) in [5, 5.41) is 8.72. The molecule has 0 bridgehead atoms. The molecule has 0 aliphatic heterocycles. The summed E-state index contributed by atoms with van der Waals surface area (Å²) in [5.41, 5.74) is 0. The van der Waals surface area contributed by atoms with Crippen LogP contribution in [0.15, 0.2) is 0 Å². The van der Waals surface area contributed by atoms with E-state index in [0.29, 0.717) is 0 Å². The van der Waals surface area contributed by atoms with Gasteiger partial charge in [-0.05, 0) is 55.6 Å². The van der Waals surface area contributed by atoms with E-state index in [1.54, 1.807) is 29.5 Å². The molecular formula is C7H14O2S7. The zero-order valence-corrected chi connectivity index (χ0v) is 14.5. The Kier molecular flexibility index (Phi) is 15.0. The number of carbonyl (C=O) groups is 1. The van der Waals surface area contributed by atoms with Crippen molar-refractivity contribution in [3.63, 3.8) is 0 Å². The lowest BCUT2D eigenvalue weighted by atomic mass is 10.1. The van der Waals surface area contributed by atoms with Gasteiger partial charge in [-0.1, -0.05) is 48.6 Å². The summed E-state index contributed by atoms with van der Waals surface area (Å²) in [6.45, 7) is 2.12. The van der Waals surface area contributed by atoms with Gasteiger partial charge in [0.1, 0.15) is 5.25 Å². The molecule has 0 amide bonds. The van der Waals surface area contributed by atoms with E-state index in [-0.39, 0.29) is 5.25 Å². The third kappa shape index (κ3) is 11.0. The summed E-state index contributed by atoms with van der Waals surface area (Å²) in [6.07, 6.45) is 4.01. The van der Waals surface area contributed by atoms with Gasteiger partial charge in [-0.3, -0.25) is 4.79 Å². The first-order valence-electron chi connectivity index (χ1n) is 4.58. The number of thiol groups is 1. The molecule has 0 spiro atoms. The van der Waals surface area contributed by atoms with Gasteiger partial charge < -0.3 is 5.11 Å². The largest absolute Gasteiger partial charge is 0.480 e. The molecule has 0 saturated carbocycles. The molecule has 1 N–H and O–H groups in total. The fraction of sp³-hybridized carbons (Fsp3) is 0.857. The van der Waals surface area contributed by atoms with Crippen LogP contribution in [0.25, 0.3) is 0 Å². The monoisotopic (exact) mass is 354 g/mol. The Hall–Kier alpha value is 1.92. The van der Waals surface area contributed by atoms with Gasteiger partial charge in [-0.25, -0.2) is 0 Å². The van der Waals surface area contributed by atoms with Crippen LogP contribution in [0.4, 0.5) is 0 Å². The van der Waals surface area contributed by atoms with Crippen molar-refractivity contribution in [3.8, 4) is 0 Å². The van der Waals surface area contributed by atoms with Crippen LogP contribution in [0.3, 0.4) is 0 Å². The van der Waals surface area contributed by atoms with E-state index in [4.69, 9.17) is 5.11 Å². The SMILES string of the molecule is CCCCCC(SSSSSSS)C(=O)O. The van der Waals surface area contributed by atoms with Crippen LogP contribution in [0.2, 0.25) is 0 Å². The van der Waals surface area contributed by atoms with E-state index < -0.39 is 5.97 Å². The molecule has 0 radical (unpaired) electrons. The Morgan fingerprint density at radius 3 is 2.50 bits per heavy atom. The van der Waals surface area contributed by atoms with Crippen LogP contribution in [0, 0.1) is 0 Å². The molecule has 0 fully saturated rings. The van der Waals surface area contributed by atoms with Crippen molar-refractivity contribution < 1.29 is 9.90 Å². The second-order valence-electron chi connectivity index (χ2n) is 2.77. The molecule has 1 unspecified atom stereocenters. The van der Waals surface area contributed by atoms with E-state index in [1.807, 2.05) is 0 Å². The van der Waals surface area contributed by atoms with Crippen LogP contribution in [0.5, 0.6) is 0 Å². The molecule has 1 atom stereocenters. The molecule has 0 aliphatic carbocycles. The molecule has 96 valence electrons. The average molecular weight is 355 g/mol. The highest BCUT2D eigenvalue weighted by Crippen LogP contribution is 2.54. The van der Waals surface area contributed by atoms with Crippen molar-refractivity contribution in [2.45, 2.75) is 37.9 Å². The summed E-state index contributed by atoms with van der Waals surface area (Å²) in [4.78, 5) is 10.9. The van der Waals surface area contributed by atoms with Crippen LogP contribution < -0.4 is 0 Å². The second kappa shape index (κ2) is 13.4. The maximum absolute atomic E-state index is 10.9. The van der Waals surface area contributed by atoms with Crippen molar-refractivity contribution in [2.75, 3.05) is 0 Å². The number of rotatable bonds is 11. The Balaban J connectivity index is 3.56. The first-order chi connectivity index (χ1) is 7.72. The van der Waals surface area contributed by atoms with Crippen LogP contribution >= 0.6 is 71.6 Å². The molecule has 0 aromatic heterocycles. The summed E-state index contributed by atoms with van der Waals surface area (Å²) < 4.78 is 0. The molecule has 2 nitrogen and oxygen atoms in total. The highest BCUT2D eigenvalue weighted by atomic mass is 33.9. The maximum Gasteiger partial charge on any atom is 0.317 e. The summed E-state index contributed by atoms with van der Waals surface area (Å²) in [6, 6.07) is 0. The Morgan fingerprint density at radius 2 is 1.94 bits per heavy atom. The van der Waals surface area contributed by atoms with Gasteiger partial charge in [0.05, 0.1) is 0 Å². The minimum atomic E-state index is -0.699. The molecule has 16 heavy (non-hydrogen) atoms. The molecule has 0 saturated heterocycles. The maximum atomic E-state index is 10.9. The standard InChI is InChI=1S/C7H14O2S7/c1-2-3-4-5-6(7(8)9)11-13-15-16-14-12-10/h6,10H,2-5H2,1H3,(H,8,9). The van der Waals surface area contributed by atoms with E-state index in [2.05, 4.69) is 18.6 Å². The van der Waals surface area contributed by atoms with Crippen molar-refractivity contribution in [1.82, 2.24) is 0 Å². The fourth-order valence-electron chi connectivity index (χ4n) is 0.891. The molecule has 0 rings (SSSR count). The van der Waals surface area contributed by atoms with E-state index in [0.717, 1.165) is 25.7 Å².